The number of aromatic amines is 1. The molecule has 1 amide bonds. The highest BCUT2D eigenvalue weighted by atomic mass is 16.5. The fraction of sp³-hybridized carbons (Fsp3) is 0.182. The van der Waals surface area contributed by atoms with Crippen LogP contribution < -0.4 is 10.1 Å². The van der Waals surface area contributed by atoms with E-state index in [1.165, 1.54) is 5.39 Å². The summed E-state index contributed by atoms with van der Waals surface area (Å²) in [7, 11) is 1.62. The van der Waals surface area contributed by atoms with Gasteiger partial charge in [-0.15, -0.1) is 0 Å². The molecule has 4 aromatic rings. The number of aromatic nitrogens is 2. The minimum absolute atomic E-state index is 0.0587. The van der Waals surface area contributed by atoms with Gasteiger partial charge in [-0.25, -0.2) is 0 Å². The fourth-order valence-electron chi connectivity index (χ4n) is 3.52. The number of ether oxygens (including phenoxy) is 1. The molecule has 1 aromatic heterocycles. The number of carbonyl (C=O) groups is 1. The Balaban J connectivity index is 1.66. The van der Waals surface area contributed by atoms with Gasteiger partial charge < -0.3 is 10.1 Å². The summed E-state index contributed by atoms with van der Waals surface area (Å²) in [6, 6.07) is 18.3. The molecule has 27 heavy (non-hydrogen) atoms. The van der Waals surface area contributed by atoms with Gasteiger partial charge in [0.25, 0.3) is 0 Å². The molecule has 0 saturated heterocycles. The first-order chi connectivity index (χ1) is 13.2. The summed E-state index contributed by atoms with van der Waals surface area (Å²) in [6.07, 6.45) is 1.93. The van der Waals surface area contributed by atoms with Crippen LogP contribution in [0.3, 0.4) is 0 Å². The van der Waals surface area contributed by atoms with Crippen LogP contribution >= 0.6 is 0 Å². The average molecular weight is 357 g/mol. The van der Waals surface area contributed by atoms with Gasteiger partial charge >= 0.3 is 0 Å². The summed E-state index contributed by atoms with van der Waals surface area (Å²) in [6.45, 7) is 0. The highest BCUT2D eigenvalue weighted by Gasteiger charge is 2.30. The normalized spacial score (nSPS) is 13.8. The van der Waals surface area contributed by atoms with E-state index in [2.05, 4.69) is 45.8 Å². The minimum Gasteiger partial charge on any atom is -0.494 e. The number of fused-ring (bicyclic) bond motifs is 2. The molecule has 1 aliphatic rings. The SMILES string of the molecule is COc1c(NC(=O)C2CC2)ccc2[nH]nc(-c3ccc4ccccc4c3)c12. The number of benzene rings is 3. The number of anilines is 1. The lowest BCUT2D eigenvalue weighted by molar-refractivity contribution is -0.117. The van der Waals surface area contributed by atoms with Crippen molar-refractivity contribution >= 4 is 33.3 Å². The standard InChI is InChI=1S/C22H19N3O2/c1-27-21-18(23-22(26)14-7-8-14)11-10-17-19(21)20(25-24-17)16-9-6-13-4-2-3-5-15(13)12-16/h2-6,9-12,14H,7-8H2,1H3,(H,23,26)(H,24,25). The van der Waals surface area contributed by atoms with Gasteiger partial charge in [-0.1, -0.05) is 36.4 Å². The van der Waals surface area contributed by atoms with Crippen molar-refractivity contribution in [1.82, 2.24) is 10.2 Å². The number of amides is 1. The first-order valence-corrected chi connectivity index (χ1v) is 9.09. The third-order valence-electron chi connectivity index (χ3n) is 5.12. The first kappa shape index (κ1) is 15.9. The van der Waals surface area contributed by atoms with Crippen LogP contribution in [0.2, 0.25) is 0 Å². The van der Waals surface area contributed by atoms with Gasteiger partial charge in [0.2, 0.25) is 5.91 Å². The molecule has 1 fully saturated rings. The highest BCUT2D eigenvalue weighted by molar-refractivity contribution is 6.05. The van der Waals surface area contributed by atoms with Crippen molar-refractivity contribution < 1.29 is 9.53 Å². The van der Waals surface area contributed by atoms with E-state index in [1.807, 2.05) is 24.3 Å². The monoisotopic (exact) mass is 357 g/mol. The number of hydrogen-bond donors (Lipinski definition) is 2. The Bertz CT molecular complexity index is 1170. The van der Waals surface area contributed by atoms with Crippen molar-refractivity contribution in [2.24, 2.45) is 5.92 Å². The first-order valence-electron chi connectivity index (χ1n) is 9.09. The van der Waals surface area contributed by atoms with E-state index in [4.69, 9.17) is 4.74 Å². The largest absolute Gasteiger partial charge is 0.494 e. The lowest BCUT2D eigenvalue weighted by Gasteiger charge is -2.12. The maximum Gasteiger partial charge on any atom is 0.227 e. The zero-order valence-electron chi connectivity index (χ0n) is 15.0. The van der Waals surface area contributed by atoms with E-state index in [0.717, 1.165) is 40.4 Å². The number of methoxy groups -OCH3 is 1. The number of rotatable bonds is 4. The zero-order chi connectivity index (χ0) is 18.4. The van der Waals surface area contributed by atoms with E-state index < -0.39 is 0 Å². The molecular weight excluding hydrogens is 338 g/mol. The van der Waals surface area contributed by atoms with Gasteiger partial charge in [0.05, 0.1) is 23.7 Å². The van der Waals surface area contributed by atoms with Crippen molar-refractivity contribution in [3.63, 3.8) is 0 Å². The van der Waals surface area contributed by atoms with Gasteiger partial charge in [-0.3, -0.25) is 9.89 Å². The minimum atomic E-state index is 0.0587. The molecule has 134 valence electrons. The molecule has 1 aliphatic carbocycles. The van der Waals surface area contributed by atoms with Crippen molar-refractivity contribution in [3.8, 4) is 17.0 Å². The third kappa shape index (κ3) is 2.72. The highest BCUT2D eigenvalue weighted by Crippen LogP contribution is 2.40. The van der Waals surface area contributed by atoms with Crippen LogP contribution in [-0.2, 0) is 4.79 Å². The molecular formula is C22H19N3O2. The lowest BCUT2D eigenvalue weighted by atomic mass is 10.0. The molecule has 1 saturated carbocycles. The third-order valence-corrected chi connectivity index (χ3v) is 5.12. The summed E-state index contributed by atoms with van der Waals surface area (Å²) in [4.78, 5) is 12.2. The molecule has 1 heterocycles. The predicted molar refractivity (Wildman–Crippen MR) is 107 cm³/mol. The Hall–Kier alpha value is -3.34. The number of H-pyrrole nitrogens is 1. The zero-order valence-corrected chi connectivity index (χ0v) is 15.0. The van der Waals surface area contributed by atoms with Gasteiger partial charge in [0, 0.05) is 11.5 Å². The Kier molecular flexibility index (Phi) is 3.60. The summed E-state index contributed by atoms with van der Waals surface area (Å²) in [5.41, 5.74) is 3.38. The molecule has 5 heteroatoms. The molecule has 0 bridgehead atoms. The number of hydrogen-bond acceptors (Lipinski definition) is 3. The van der Waals surface area contributed by atoms with Crippen molar-refractivity contribution in [2.75, 3.05) is 12.4 Å². The Morgan fingerprint density at radius 2 is 1.93 bits per heavy atom. The summed E-state index contributed by atoms with van der Waals surface area (Å²) < 4.78 is 5.69. The lowest BCUT2D eigenvalue weighted by Crippen LogP contribution is -2.14. The van der Waals surface area contributed by atoms with Crippen LogP contribution in [0.25, 0.3) is 32.9 Å². The smallest absolute Gasteiger partial charge is 0.227 e. The molecule has 3 aromatic carbocycles. The maximum absolute atomic E-state index is 12.2. The quantitative estimate of drug-likeness (QED) is 0.554. The van der Waals surface area contributed by atoms with Crippen molar-refractivity contribution in [2.45, 2.75) is 12.8 Å². The van der Waals surface area contributed by atoms with Gasteiger partial charge in [-0.05, 0) is 41.8 Å². The van der Waals surface area contributed by atoms with Crippen LogP contribution in [-0.4, -0.2) is 23.2 Å². The van der Waals surface area contributed by atoms with Crippen molar-refractivity contribution in [1.29, 1.82) is 0 Å². The number of nitrogens with one attached hydrogen (secondary N) is 2. The number of nitrogens with zero attached hydrogens (tertiary/aromatic N) is 1. The molecule has 0 radical (unpaired) electrons. The molecule has 0 spiro atoms. The second-order valence-corrected chi connectivity index (χ2v) is 6.97. The van der Waals surface area contributed by atoms with Crippen LogP contribution in [0, 0.1) is 5.92 Å². The second kappa shape index (κ2) is 6.13. The van der Waals surface area contributed by atoms with E-state index in [0.29, 0.717) is 11.4 Å². The van der Waals surface area contributed by atoms with Gasteiger partial charge in [0.15, 0.2) is 5.75 Å². The fourth-order valence-corrected chi connectivity index (χ4v) is 3.52. The molecule has 0 unspecified atom stereocenters. The Labute approximate surface area is 156 Å². The van der Waals surface area contributed by atoms with Crippen LogP contribution in [0.5, 0.6) is 5.75 Å². The Morgan fingerprint density at radius 1 is 1.11 bits per heavy atom. The topological polar surface area (TPSA) is 67.0 Å². The van der Waals surface area contributed by atoms with Crippen molar-refractivity contribution in [3.05, 3.63) is 54.6 Å². The van der Waals surface area contributed by atoms with Gasteiger partial charge in [0.1, 0.15) is 5.69 Å². The average Bonchev–Trinajstić information content (AvgIpc) is 3.47. The second-order valence-electron chi connectivity index (χ2n) is 6.97. The summed E-state index contributed by atoms with van der Waals surface area (Å²) >= 11 is 0. The molecule has 0 atom stereocenters. The summed E-state index contributed by atoms with van der Waals surface area (Å²) in [5, 5.41) is 13.8. The molecule has 5 nitrogen and oxygen atoms in total. The van der Waals surface area contributed by atoms with E-state index in [9.17, 15) is 4.79 Å². The molecule has 0 aliphatic heterocycles. The molecule has 2 N–H and O–H groups in total. The molecule has 5 rings (SSSR count). The van der Waals surface area contributed by atoms with Crippen LogP contribution in [0.15, 0.2) is 54.6 Å². The predicted octanol–water partition coefficient (Wildman–Crippen LogP) is 4.74. The van der Waals surface area contributed by atoms with Crippen LogP contribution in [0.1, 0.15) is 12.8 Å². The Morgan fingerprint density at radius 3 is 2.70 bits per heavy atom. The van der Waals surface area contributed by atoms with E-state index in [-0.39, 0.29) is 11.8 Å². The number of carbonyl (C=O) groups excluding carboxylic acids is 1. The maximum atomic E-state index is 12.2. The van der Waals surface area contributed by atoms with E-state index in [1.54, 1.807) is 7.11 Å². The van der Waals surface area contributed by atoms with Gasteiger partial charge in [-0.2, -0.15) is 5.10 Å². The summed E-state index contributed by atoms with van der Waals surface area (Å²) in [5.74, 6) is 0.830. The van der Waals surface area contributed by atoms with Crippen LogP contribution in [0.4, 0.5) is 5.69 Å². The van der Waals surface area contributed by atoms with E-state index >= 15 is 0 Å².